The maximum Gasteiger partial charge on any atom is 0.435 e. The summed E-state index contributed by atoms with van der Waals surface area (Å²) in [6, 6.07) is 10.3. The predicted octanol–water partition coefficient (Wildman–Crippen LogP) is 5.45. The van der Waals surface area contributed by atoms with Gasteiger partial charge in [0.1, 0.15) is 6.26 Å². The minimum atomic E-state index is -4.92. The van der Waals surface area contributed by atoms with E-state index in [2.05, 4.69) is 5.10 Å². The van der Waals surface area contributed by atoms with Gasteiger partial charge in [0.15, 0.2) is 16.7 Å². The van der Waals surface area contributed by atoms with Gasteiger partial charge >= 0.3 is 6.18 Å². The van der Waals surface area contributed by atoms with Gasteiger partial charge in [-0.2, -0.15) is 23.3 Å². The average Bonchev–Trinajstić information content (AvgIpc) is 3.02. The minimum absolute atomic E-state index is 0.0292. The number of rotatable bonds is 2. The second-order valence-electron chi connectivity index (χ2n) is 6.24. The Kier molecular flexibility index (Phi) is 4.91. The first-order valence-corrected chi connectivity index (χ1v) is 9.10. The van der Waals surface area contributed by atoms with E-state index >= 15 is 0 Å². The summed E-state index contributed by atoms with van der Waals surface area (Å²) in [6.45, 7) is 0. The van der Waals surface area contributed by atoms with E-state index in [9.17, 15) is 22.8 Å². The molecular weight excluding hydrogens is 444 g/mol. The molecule has 5 nitrogen and oxygen atoms in total. The molecule has 3 aromatic rings. The lowest BCUT2D eigenvalue weighted by molar-refractivity contribution is -0.114. The minimum Gasteiger partial charge on any atom is -0.462 e. The van der Waals surface area contributed by atoms with Crippen molar-refractivity contribution < 1.29 is 22.4 Å². The largest absolute Gasteiger partial charge is 0.462 e. The number of nitrogens with zero attached hydrogens (tertiary/aromatic N) is 2. The highest BCUT2D eigenvalue weighted by atomic mass is 35.5. The van der Waals surface area contributed by atoms with Crippen molar-refractivity contribution in [2.75, 3.05) is 5.01 Å². The van der Waals surface area contributed by atoms with Crippen molar-refractivity contribution in [3.63, 3.8) is 0 Å². The Labute approximate surface area is 176 Å². The van der Waals surface area contributed by atoms with Crippen molar-refractivity contribution in [3.05, 3.63) is 80.1 Å². The lowest BCUT2D eigenvalue weighted by Crippen LogP contribution is -2.25. The normalized spacial score (nSPS) is 15.9. The fourth-order valence-electron chi connectivity index (χ4n) is 2.93. The Balaban J connectivity index is 1.88. The first-order chi connectivity index (χ1) is 14.2. The molecule has 0 radical (unpaired) electrons. The van der Waals surface area contributed by atoms with Gasteiger partial charge in [0, 0.05) is 5.02 Å². The number of halogens is 5. The monoisotopic (exact) mass is 452 g/mol. The van der Waals surface area contributed by atoms with E-state index in [1.807, 2.05) is 0 Å². The van der Waals surface area contributed by atoms with Gasteiger partial charge in [-0.3, -0.25) is 9.59 Å². The number of benzene rings is 2. The van der Waals surface area contributed by atoms with Crippen molar-refractivity contribution in [2.45, 2.75) is 6.18 Å². The van der Waals surface area contributed by atoms with E-state index < -0.39 is 28.8 Å². The highest BCUT2D eigenvalue weighted by Gasteiger charge is 2.46. The first kappa shape index (κ1) is 20.2. The van der Waals surface area contributed by atoms with E-state index in [1.165, 1.54) is 24.3 Å². The molecule has 1 aromatic heterocycles. The first-order valence-electron chi connectivity index (χ1n) is 8.35. The van der Waals surface area contributed by atoms with Crippen LogP contribution in [0, 0.1) is 0 Å². The van der Waals surface area contributed by atoms with Crippen LogP contribution < -0.4 is 10.4 Å². The highest BCUT2D eigenvalue weighted by Crippen LogP contribution is 2.33. The second kappa shape index (κ2) is 7.30. The molecule has 0 bridgehead atoms. The zero-order valence-corrected chi connectivity index (χ0v) is 16.2. The molecule has 0 saturated heterocycles. The predicted molar refractivity (Wildman–Crippen MR) is 108 cm³/mol. The van der Waals surface area contributed by atoms with E-state index in [-0.39, 0.29) is 32.3 Å². The van der Waals surface area contributed by atoms with Crippen molar-refractivity contribution in [3.8, 4) is 0 Å². The molecule has 0 atom stereocenters. The number of hydrazone groups is 1. The summed E-state index contributed by atoms with van der Waals surface area (Å²) in [4.78, 5) is 25.5. The number of hydrogen-bond acceptors (Lipinski definition) is 4. The molecule has 0 saturated carbocycles. The number of fused-ring (bicyclic) bond motifs is 1. The molecule has 0 spiro atoms. The zero-order valence-electron chi connectivity index (χ0n) is 14.7. The quantitative estimate of drug-likeness (QED) is 0.485. The molecule has 2 heterocycles. The molecule has 0 unspecified atom stereocenters. The summed E-state index contributed by atoms with van der Waals surface area (Å²) >= 11 is 11.9. The lowest BCUT2D eigenvalue weighted by Gasteiger charge is -2.10. The van der Waals surface area contributed by atoms with Gasteiger partial charge in [-0.25, -0.2) is 0 Å². The van der Waals surface area contributed by atoms with Crippen LogP contribution in [0.5, 0.6) is 0 Å². The molecule has 1 aliphatic heterocycles. The van der Waals surface area contributed by atoms with Gasteiger partial charge in [-0.05, 0) is 30.3 Å². The number of carbonyl (C=O) groups is 1. The highest BCUT2D eigenvalue weighted by molar-refractivity contribution is 6.38. The van der Waals surface area contributed by atoms with Gasteiger partial charge in [-0.1, -0.05) is 41.4 Å². The van der Waals surface area contributed by atoms with Gasteiger partial charge in [0.2, 0.25) is 0 Å². The maximum absolute atomic E-state index is 13.5. The van der Waals surface area contributed by atoms with E-state index in [1.54, 1.807) is 18.2 Å². The molecular formula is C20H9Cl2F3N2O3. The fourth-order valence-corrected chi connectivity index (χ4v) is 3.47. The topological polar surface area (TPSA) is 62.9 Å². The molecule has 0 aliphatic carbocycles. The Bertz CT molecular complexity index is 1300. The summed E-state index contributed by atoms with van der Waals surface area (Å²) in [7, 11) is 0. The van der Waals surface area contributed by atoms with Crippen LogP contribution in [0.15, 0.2) is 68.6 Å². The molecule has 0 N–H and O–H groups in total. The number of anilines is 1. The summed E-state index contributed by atoms with van der Waals surface area (Å²) in [6.07, 6.45) is -3.18. The summed E-state index contributed by atoms with van der Waals surface area (Å²) in [5.41, 5.74) is -3.00. The number of amides is 1. The van der Waals surface area contributed by atoms with Crippen molar-refractivity contribution in [2.24, 2.45) is 5.10 Å². The average molecular weight is 453 g/mol. The Morgan fingerprint density at radius 1 is 1.07 bits per heavy atom. The molecule has 0 fully saturated rings. The van der Waals surface area contributed by atoms with Gasteiger partial charge < -0.3 is 4.42 Å². The Hall–Kier alpha value is -3.10. The standard InChI is InChI=1S/C20H9Cl2F3N2O3/c21-11-7-13-16(28)10(9-30-17(13)15(22)8-11)6-14-18(20(23,24)25)26-27(19(14)29)12-4-2-1-3-5-12/h1-9H/b14-6-. The molecule has 2 aromatic carbocycles. The number of para-hydroxylation sites is 1. The zero-order chi connectivity index (χ0) is 21.6. The Morgan fingerprint density at radius 3 is 2.43 bits per heavy atom. The van der Waals surface area contributed by atoms with Crippen LogP contribution >= 0.6 is 23.2 Å². The van der Waals surface area contributed by atoms with Crippen molar-refractivity contribution in [1.29, 1.82) is 0 Å². The van der Waals surface area contributed by atoms with E-state index in [4.69, 9.17) is 27.6 Å². The third-order valence-electron chi connectivity index (χ3n) is 4.27. The Morgan fingerprint density at radius 2 is 1.77 bits per heavy atom. The number of hydrogen-bond donors (Lipinski definition) is 0. The molecule has 30 heavy (non-hydrogen) atoms. The van der Waals surface area contributed by atoms with Gasteiger partial charge in [0.05, 0.1) is 27.2 Å². The third kappa shape index (κ3) is 3.48. The summed E-state index contributed by atoms with van der Waals surface area (Å²) in [5, 5.41) is 4.26. The van der Waals surface area contributed by atoms with Gasteiger partial charge in [-0.15, -0.1) is 0 Å². The third-order valence-corrected chi connectivity index (χ3v) is 4.76. The molecule has 1 aliphatic rings. The van der Waals surface area contributed by atoms with Crippen LogP contribution in [0.3, 0.4) is 0 Å². The van der Waals surface area contributed by atoms with Crippen molar-refractivity contribution >= 4 is 57.6 Å². The van der Waals surface area contributed by atoms with Crippen LogP contribution in [0.2, 0.25) is 10.0 Å². The lowest BCUT2D eigenvalue weighted by atomic mass is 10.1. The van der Waals surface area contributed by atoms with Crippen molar-refractivity contribution in [1.82, 2.24) is 0 Å². The second-order valence-corrected chi connectivity index (χ2v) is 7.08. The molecule has 4 rings (SSSR count). The number of carbonyl (C=O) groups excluding carboxylic acids is 1. The van der Waals surface area contributed by atoms with Crippen LogP contribution in [0.25, 0.3) is 17.0 Å². The SMILES string of the molecule is O=C1/C(=C\c2coc3c(Cl)cc(Cl)cc3c2=O)C(C(F)(F)F)=NN1c1ccccc1. The summed E-state index contributed by atoms with van der Waals surface area (Å²) in [5.74, 6) is -1.03. The van der Waals surface area contributed by atoms with Crippen LogP contribution in [-0.4, -0.2) is 17.8 Å². The summed E-state index contributed by atoms with van der Waals surface area (Å²) < 4.78 is 46.0. The van der Waals surface area contributed by atoms with E-state index in [0.29, 0.717) is 5.01 Å². The van der Waals surface area contributed by atoms with Crippen LogP contribution in [0.1, 0.15) is 5.56 Å². The maximum atomic E-state index is 13.5. The van der Waals surface area contributed by atoms with Crippen LogP contribution in [-0.2, 0) is 4.79 Å². The molecule has 10 heteroatoms. The van der Waals surface area contributed by atoms with Crippen LogP contribution in [0.4, 0.5) is 18.9 Å². The number of alkyl halides is 3. The fraction of sp³-hybridized carbons (Fsp3) is 0.0500. The van der Waals surface area contributed by atoms with E-state index in [0.717, 1.165) is 12.3 Å². The molecule has 1 amide bonds. The smallest absolute Gasteiger partial charge is 0.435 e. The van der Waals surface area contributed by atoms with Gasteiger partial charge in [0.25, 0.3) is 5.91 Å². The molecule has 152 valence electrons.